The number of ketones is 1. The van der Waals surface area contributed by atoms with Gasteiger partial charge in [-0.2, -0.15) is 0 Å². The summed E-state index contributed by atoms with van der Waals surface area (Å²) < 4.78 is 0. The molecule has 19 heavy (non-hydrogen) atoms. The summed E-state index contributed by atoms with van der Waals surface area (Å²) in [5.74, 6) is 4.05. The zero-order valence-corrected chi connectivity index (χ0v) is 13.5. The number of carbonyl (C=O) groups is 1. The maximum Gasteiger partial charge on any atom is 0.136 e. The summed E-state index contributed by atoms with van der Waals surface area (Å²) in [5, 5.41) is 0. The first kappa shape index (κ1) is 15.1. The maximum atomic E-state index is 12.4. The van der Waals surface area contributed by atoms with Gasteiger partial charge in [-0.1, -0.05) is 41.0 Å². The van der Waals surface area contributed by atoms with Crippen LogP contribution in [0.25, 0.3) is 0 Å². The standard InChI is InChI=1S/C18H32O/c1-12-6-7-14(10-13(12)2)16-11-15(18(3,4)5)8-9-17(16)19/h12-16H,6-11H2,1-5H3. The molecule has 0 aromatic carbocycles. The van der Waals surface area contributed by atoms with Crippen molar-refractivity contribution in [3.8, 4) is 0 Å². The molecule has 2 aliphatic carbocycles. The summed E-state index contributed by atoms with van der Waals surface area (Å²) in [5.41, 5.74) is 0.368. The second-order valence-electron chi connectivity index (χ2n) is 8.44. The molecule has 2 fully saturated rings. The first-order valence-electron chi connectivity index (χ1n) is 8.31. The molecule has 0 aromatic rings. The van der Waals surface area contributed by atoms with Crippen molar-refractivity contribution in [2.24, 2.45) is 35.0 Å². The fraction of sp³-hybridized carbons (Fsp3) is 0.944. The monoisotopic (exact) mass is 264 g/mol. The molecule has 1 heteroatoms. The van der Waals surface area contributed by atoms with Crippen LogP contribution in [0.3, 0.4) is 0 Å². The fourth-order valence-electron chi connectivity index (χ4n) is 4.25. The van der Waals surface area contributed by atoms with Crippen molar-refractivity contribution in [1.29, 1.82) is 0 Å². The molecular formula is C18H32O. The van der Waals surface area contributed by atoms with Gasteiger partial charge in [-0.05, 0) is 54.8 Å². The Balaban J connectivity index is 2.03. The van der Waals surface area contributed by atoms with Crippen LogP contribution in [0.4, 0.5) is 0 Å². The first-order valence-corrected chi connectivity index (χ1v) is 8.31. The zero-order chi connectivity index (χ0) is 14.2. The summed E-state index contributed by atoms with van der Waals surface area (Å²) in [4.78, 5) is 12.4. The van der Waals surface area contributed by atoms with Crippen molar-refractivity contribution in [3.63, 3.8) is 0 Å². The highest BCUT2D eigenvalue weighted by Crippen LogP contribution is 2.46. The van der Waals surface area contributed by atoms with Crippen LogP contribution in [-0.2, 0) is 4.79 Å². The van der Waals surface area contributed by atoms with Gasteiger partial charge in [0, 0.05) is 12.3 Å². The number of hydrogen-bond donors (Lipinski definition) is 0. The molecule has 5 unspecified atom stereocenters. The van der Waals surface area contributed by atoms with Crippen LogP contribution in [-0.4, -0.2) is 5.78 Å². The van der Waals surface area contributed by atoms with Crippen LogP contribution < -0.4 is 0 Å². The van der Waals surface area contributed by atoms with Crippen LogP contribution in [0.15, 0.2) is 0 Å². The van der Waals surface area contributed by atoms with E-state index in [-0.39, 0.29) is 0 Å². The Labute approximate surface area is 119 Å². The molecule has 0 amide bonds. The normalized spacial score (nSPS) is 41.3. The Bertz CT molecular complexity index is 325. The van der Waals surface area contributed by atoms with Gasteiger partial charge in [-0.3, -0.25) is 4.79 Å². The minimum atomic E-state index is 0.368. The molecule has 110 valence electrons. The molecule has 0 heterocycles. The zero-order valence-electron chi connectivity index (χ0n) is 13.5. The third-order valence-corrected chi connectivity index (χ3v) is 6.12. The lowest BCUT2D eigenvalue weighted by molar-refractivity contribution is -0.129. The summed E-state index contributed by atoms with van der Waals surface area (Å²) in [6, 6.07) is 0. The topological polar surface area (TPSA) is 17.1 Å². The van der Waals surface area contributed by atoms with Gasteiger partial charge >= 0.3 is 0 Å². The minimum Gasteiger partial charge on any atom is -0.299 e. The molecule has 0 radical (unpaired) electrons. The van der Waals surface area contributed by atoms with Crippen LogP contribution in [0.2, 0.25) is 0 Å². The van der Waals surface area contributed by atoms with Crippen LogP contribution in [0.5, 0.6) is 0 Å². The Kier molecular flexibility index (Phi) is 4.42. The SMILES string of the molecule is CC1CCC(C2CC(C(C)(C)C)CCC2=O)CC1C. The first-order chi connectivity index (χ1) is 8.79. The van der Waals surface area contributed by atoms with E-state index in [4.69, 9.17) is 0 Å². The Hall–Kier alpha value is -0.330. The molecule has 1 nitrogen and oxygen atoms in total. The van der Waals surface area contributed by atoms with E-state index >= 15 is 0 Å². The lowest BCUT2D eigenvalue weighted by Crippen LogP contribution is -2.38. The molecule has 0 aromatic heterocycles. The van der Waals surface area contributed by atoms with Crippen LogP contribution in [0, 0.1) is 35.0 Å². The largest absolute Gasteiger partial charge is 0.299 e. The quantitative estimate of drug-likeness (QED) is 0.644. The summed E-state index contributed by atoms with van der Waals surface area (Å²) >= 11 is 0. The molecule has 2 aliphatic rings. The van der Waals surface area contributed by atoms with E-state index in [0.717, 1.165) is 37.0 Å². The average molecular weight is 264 g/mol. The van der Waals surface area contributed by atoms with E-state index in [2.05, 4.69) is 34.6 Å². The van der Waals surface area contributed by atoms with Gasteiger partial charge in [0.2, 0.25) is 0 Å². The molecule has 2 saturated carbocycles. The highest BCUT2D eigenvalue weighted by Gasteiger charge is 2.40. The van der Waals surface area contributed by atoms with E-state index in [9.17, 15) is 4.79 Å². The highest BCUT2D eigenvalue weighted by molar-refractivity contribution is 5.82. The molecular weight excluding hydrogens is 232 g/mol. The molecule has 0 spiro atoms. The lowest BCUT2D eigenvalue weighted by Gasteiger charge is -2.42. The smallest absolute Gasteiger partial charge is 0.136 e. The van der Waals surface area contributed by atoms with Crippen LogP contribution in [0.1, 0.15) is 73.1 Å². The van der Waals surface area contributed by atoms with Crippen molar-refractivity contribution in [2.75, 3.05) is 0 Å². The number of Topliss-reactive ketones (excluding diaryl/α,β-unsaturated/α-hetero) is 1. The summed E-state index contributed by atoms with van der Waals surface area (Å²) in [6.07, 6.45) is 7.03. The molecule has 5 atom stereocenters. The number of carbonyl (C=O) groups excluding carboxylic acids is 1. The minimum absolute atomic E-state index is 0.368. The number of rotatable bonds is 1. The van der Waals surface area contributed by atoms with E-state index in [0.29, 0.717) is 23.0 Å². The highest BCUT2D eigenvalue weighted by atomic mass is 16.1. The van der Waals surface area contributed by atoms with E-state index in [1.807, 2.05) is 0 Å². The van der Waals surface area contributed by atoms with E-state index in [1.54, 1.807) is 0 Å². The van der Waals surface area contributed by atoms with Gasteiger partial charge < -0.3 is 0 Å². The van der Waals surface area contributed by atoms with E-state index < -0.39 is 0 Å². The molecule has 0 bridgehead atoms. The molecule has 2 rings (SSSR count). The second-order valence-corrected chi connectivity index (χ2v) is 8.44. The van der Waals surface area contributed by atoms with Crippen molar-refractivity contribution >= 4 is 5.78 Å². The van der Waals surface area contributed by atoms with Gasteiger partial charge in [0.1, 0.15) is 5.78 Å². The van der Waals surface area contributed by atoms with Gasteiger partial charge in [0.25, 0.3) is 0 Å². The van der Waals surface area contributed by atoms with E-state index in [1.165, 1.54) is 19.3 Å². The predicted molar refractivity (Wildman–Crippen MR) is 81.0 cm³/mol. The fourth-order valence-corrected chi connectivity index (χ4v) is 4.25. The van der Waals surface area contributed by atoms with Gasteiger partial charge in [0.15, 0.2) is 0 Å². The Morgan fingerprint density at radius 1 is 0.947 bits per heavy atom. The van der Waals surface area contributed by atoms with Crippen molar-refractivity contribution < 1.29 is 4.79 Å². The van der Waals surface area contributed by atoms with Crippen molar-refractivity contribution in [1.82, 2.24) is 0 Å². The molecule has 0 saturated heterocycles. The Morgan fingerprint density at radius 2 is 1.63 bits per heavy atom. The summed E-state index contributed by atoms with van der Waals surface area (Å²) in [7, 11) is 0. The van der Waals surface area contributed by atoms with Crippen molar-refractivity contribution in [3.05, 3.63) is 0 Å². The average Bonchev–Trinajstić information content (AvgIpc) is 2.32. The maximum absolute atomic E-state index is 12.4. The number of hydrogen-bond acceptors (Lipinski definition) is 1. The third kappa shape index (κ3) is 3.41. The molecule has 0 aliphatic heterocycles. The van der Waals surface area contributed by atoms with Crippen molar-refractivity contribution in [2.45, 2.75) is 73.1 Å². The van der Waals surface area contributed by atoms with Gasteiger partial charge in [0.05, 0.1) is 0 Å². The van der Waals surface area contributed by atoms with Gasteiger partial charge in [-0.15, -0.1) is 0 Å². The lowest BCUT2D eigenvalue weighted by atomic mass is 9.62. The summed E-state index contributed by atoms with van der Waals surface area (Å²) in [6.45, 7) is 11.8. The molecule has 0 N–H and O–H groups in total. The second kappa shape index (κ2) is 5.58. The van der Waals surface area contributed by atoms with Crippen LogP contribution >= 0.6 is 0 Å². The Morgan fingerprint density at radius 3 is 2.21 bits per heavy atom. The van der Waals surface area contributed by atoms with Gasteiger partial charge in [-0.25, -0.2) is 0 Å². The third-order valence-electron chi connectivity index (χ3n) is 6.12. The predicted octanol–water partition coefficient (Wildman–Crippen LogP) is 5.09.